The normalized spacial score (nSPS) is 12.6. The Balaban J connectivity index is 1.90. The minimum atomic E-state index is -0.349. The summed E-state index contributed by atoms with van der Waals surface area (Å²) in [5.74, 6) is -0.349. The Morgan fingerprint density at radius 3 is 2.72 bits per heavy atom. The van der Waals surface area contributed by atoms with Crippen LogP contribution in [0.3, 0.4) is 0 Å². The van der Waals surface area contributed by atoms with Crippen LogP contribution in [-0.4, -0.2) is 53.1 Å². The zero-order valence-electron chi connectivity index (χ0n) is 17.9. The highest BCUT2D eigenvalue weighted by Crippen LogP contribution is 2.32. The molecule has 0 amide bonds. The first-order valence-corrected chi connectivity index (χ1v) is 10.6. The molecule has 0 spiro atoms. The maximum atomic E-state index is 12.6. The molecule has 3 rings (SSSR count). The number of hydrogen-bond acceptors (Lipinski definition) is 5. The van der Waals surface area contributed by atoms with Crippen LogP contribution in [0.4, 0.5) is 5.69 Å². The van der Waals surface area contributed by atoms with Gasteiger partial charge in [-0.2, -0.15) is 0 Å². The first kappa shape index (κ1) is 21.1. The number of nitrogens with one attached hydrogen (secondary N) is 2. The van der Waals surface area contributed by atoms with Gasteiger partial charge in [0, 0.05) is 23.1 Å². The van der Waals surface area contributed by atoms with Crippen LogP contribution in [0.1, 0.15) is 50.9 Å². The van der Waals surface area contributed by atoms with Gasteiger partial charge in [-0.15, -0.1) is 0 Å². The molecule has 29 heavy (non-hydrogen) atoms. The van der Waals surface area contributed by atoms with Crippen molar-refractivity contribution in [3.63, 3.8) is 0 Å². The van der Waals surface area contributed by atoms with E-state index in [0.29, 0.717) is 12.2 Å². The number of fused-ring (bicyclic) bond motifs is 3. The molecule has 1 unspecified atom stereocenters. The van der Waals surface area contributed by atoms with E-state index in [1.165, 1.54) is 0 Å². The van der Waals surface area contributed by atoms with Gasteiger partial charge >= 0.3 is 5.97 Å². The van der Waals surface area contributed by atoms with Crippen molar-refractivity contribution in [3.05, 3.63) is 36.0 Å². The summed E-state index contributed by atoms with van der Waals surface area (Å²) in [5.41, 5.74) is 3.98. The van der Waals surface area contributed by atoms with Gasteiger partial charge < -0.3 is 19.9 Å². The Morgan fingerprint density at radius 1 is 1.24 bits per heavy atom. The monoisotopic (exact) mass is 396 g/mol. The SMILES string of the molecule is CCOC(=O)c1cnc2c([nH]c3ccccc32)c1NC(C)CCCN(CC)CC. The topological polar surface area (TPSA) is 70.2 Å². The molecule has 6 heteroatoms. The van der Waals surface area contributed by atoms with E-state index in [4.69, 9.17) is 4.74 Å². The van der Waals surface area contributed by atoms with Crippen LogP contribution < -0.4 is 5.32 Å². The van der Waals surface area contributed by atoms with Crippen molar-refractivity contribution in [1.29, 1.82) is 0 Å². The molecule has 0 aliphatic carbocycles. The number of anilines is 1. The van der Waals surface area contributed by atoms with Gasteiger partial charge in [0.25, 0.3) is 0 Å². The number of hydrogen-bond donors (Lipinski definition) is 2. The fourth-order valence-electron chi connectivity index (χ4n) is 3.76. The quantitative estimate of drug-likeness (QED) is 0.481. The third-order valence-electron chi connectivity index (χ3n) is 5.41. The Bertz CT molecular complexity index is 962. The van der Waals surface area contributed by atoms with Crippen LogP contribution >= 0.6 is 0 Å². The number of pyridine rings is 1. The summed E-state index contributed by atoms with van der Waals surface area (Å²) in [6.45, 7) is 11.9. The highest BCUT2D eigenvalue weighted by molar-refractivity contribution is 6.12. The lowest BCUT2D eigenvalue weighted by molar-refractivity contribution is 0.0527. The van der Waals surface area contributed by atoms with E-state index in [2.05, 4.69) is 41.0 Å². The van der Waals surface area contributed by atoms with Gasteiger partial charge in [0.05, 0.1) is 23.3 Å². The zero-order valence-corrected chi connectivity index (χ0v) is 17.9. The number of aromatic nitrogens is 2. The molecule has 156 valence electrons. The first-order chi connectivity index (χ1) is 14.1. The average Bonchev–Trinajstić information content (AvgIpc) is 3.11. The number of esters is 1. The summed E-state index contributed by atoms with van der Waals surface area (Å²) in [5, 5.41) is 4.62. The van der Waals surface area contributed by atoms with Crippen LogP contribution in [-0.2, 0) is 4.74 Å². The van der Waals surface area contributed by atoms with Crippen LogP contribution in [0.2, 0.25) is 0 Å². The molecule has 6 nitrogen and oxygen atoms in total. The van der Waals surface area contributed by atoms with Gasteiger partial charge in [-0.25, -0.2) is 4.79 Å². The lowest BCUT2D eigenvalue weighted by Crippen LogP contribution is -2.26. The summed E-state index contributed by atoms with van der Waals surface area (Å²) in [4.78, 5) is 23.0. The van der Waals surface area contributed by atoms with Crippen molar-refractivity contribution in [2.45, 2.75) is 46.6 Å². The molecule has 2 heterocycles. The van der Waals surface area contributed by atoms with E-state index < -0.39 is 0 Å². The van der Waals surface area contributed by atoms with Crippen molar-refractivity contribution in [2.24, 2.45) is 0 Å². The van der Waals surface area contributed by atoms with Gasteiger partial charge in [-0.3, -0.25) is 4.98 Å². The number of rotatable bonds is 10. The molecule has 2 N–H and O–H groups in total. The number of aromatic amines is 1. The maximum Gasteiger partial charge on any atom is 0.341 e. The smallest absolute Gasteiger partial charge is 0.341 e. The third-order valence-corrected chi connectivity index (χ3v) is 5.41. The number of H-pyrrole nitrogens is 1. The van der Waals surface area contributed by atoms with E-state index in [9.17, 15) is 4.79 Å². The molecule has 0 fully saturated rings. The molecule has 2 aromatic heterocycles. The van der Waals surface area contributed by atoms with Crippen molar-refractivity contribution in [2.75, 3.05) is 31.6 Å². The summed E-state index contributed by atoms with van der Waals surface area (Å²) < 4.78 is 5.28. The number of ether oxygens (including phenoxy) is 1. The summed E-state index contributed by atoms with van der Waals surface area (Å²) in [6, 6.07) is 8.28. The summed E-state index contributed by atoms with van der Waals surface area (Å²) in [6.07, 6.45) is 3.75. The van der Waals surface area contributed by atoms with Crippen molar-refractivity contribution in [1.82, 2.24) is 14.9 Å². The van der Waals surface area contributed by atoms with Gasteiger partial charge in [0.15, 0.2) is 0 Å². The first-order valence-electron chi connectivity index (χ1n) is 10.6. The van der Waals surface area contributed by atoms with Crippen molar-refractivity contribution in [3.8, 4) is 0 Å². The molecule has 0 saturated heterocycles. The Morgan fingerprint density at radius 2 is 2.00 bits per heavy atom. The van der Waals surface area contributed by atoms with Gasteiger partial charge in [-0.05, 0) is 52.4 Å². The van der Waals surface area contributed by atoms with Crippen LogP contribution in [0.25, 0.3) is 21.9 Å². The Labute approximate surface area is 172 Å². The van der Waals surface area contributed by atoms with E-state index in [1.807, 2.05) is 31.2 Å². The van der Waals surface area contributed by atoms with Crippen molar-refractivity contribution >= 4 is 33.6 Å². The molecule has 0 bridgehead atoms. The second-order valence-electron chi connectivity index (χ2n) is 7.38. The minimum absolute atomic E-state index is 0.218. The highest BCUT2D eigenvalue weighted by Gasteiger charge is 2.20. The van der Waals surface area contributed by atoms with Gasteiger partial charge in [0.1, 0.15) is 5.56 Å². The van der Waals surface area contributed by atoms with Crippen molar-refractivity contribution < 1.29 is 9.53 Å². The van der Waals surface area contributed by atoms with Crippen LogP contribution in [0, 0.1) is 0 Å². The van der Waals surface area contributed by atoms with E-state index >= 15 is 0 Å². The second kappa shape index (κ2) is 9.74. The van der Waals surface area contributed by atoms with E-state index in [0.717, 1.165) is 60.1 Å². The lowest BCUT2D eigenvalue weighted by Gasteiger charge is -2.21. The highest BCUT2D eigenvalue weighted by atomic mass is 16.5. The molecular weight excluding hydrogens is 364 g/mol. The third kappa shape index (κ3) is 4.70. The number of para-hydroxylation sites is 1. The Kier molecular flexibility index (Phi) is 7.09. The average molecular weight is 397 g/mol. The predicted octanol–water partition coefficient (Wildman–Crippen LogP) is 4.82. The van der Waals surface area contributed by atoms with Gasteiger partial charge in [0.2, 0.25) is 0 Å². The second-order valence-corrected chi connectivity index (χ2v) is 7.38. The number of nitrogens with zero attached hydrogens (tertiary/aromatic N) is 2. The fourth-order valence-corrected chi connectivity index (χ4v) is 3.76. The van der Waals surface area contributed by atoms with Crippen LogP contribution in [0.15, 0.2) is 30.5 Å². The van der Waals surface area contributed by atoms with E-state index in [1.54, 1.807) is 6.20 Å². The molecule has 1 atom stereocenters. The summed E-state index contributed by atoms with van der Waals surface area (Å²) in [7, 11) is 0. The number of carbonyl (C=O) groups excluding carboxylic acids is 1. The lowest BCUT2D eigenvalue weighted by atomic mass is 10.1. The molecule has 0 aliphatic rings. The minimum Gasteiger partial charge on any atom is -0.462 e. The molecule has 0 saturated carbocycles. The number of benzene rings is 1. The molecule has 0 aliphatic heterocycles. The van der Waals surface area contributed by atoms with Crippen LogP contribution in [0.5, 0.6) is 0 Å². The molecular formula is C23H32N4O2. The molecule has 3 aromatic rings. The summed E-state index contributed by atoms with van der Waals surface area (Å²) >= 11 is 0. The molecule has 1 aromatic carbocycles. The molecule has 0 radical (unpaired) electrons. The predicted molar refractivity (Wildman–Crippen MR) is 120 cm³/mol. The van der Waals surface area contributed by atoms with E-state index in [-0.39, 0.29) is 12.0 Å². The standard InChI is InChI=1S/C23H32N4O2/c1-5-27(6-2)14-10-11-16(4)25-21-18(23(28)29-7-3)15-24-20-17-12-8-9-13-19(17)26-22(20)21/h8-9,12-13,15-16,26H,5-7,10-11,14H2,1-4H3,(H,24,25). The number of carbonyl (C=O) groups is 1. The zero-order chi connectivity index (χ0) is 20.8. The fraction of sp³-hybridized carbons (Fsp3) is 0.478. The largest absolute Gasteiger partial charge is 0.462 e. The maximum absolute atomic E-state index is 12.6. The van der Waals surface area contributed by atoms with Gasteiger partial charge in [-0.1, -0.05) is 32.0 Å². The Hall–Kier alpha value is -2.60.